The fourth-order valence-electron chi connectivity index (χ4n) is 1.84. The summed E-state index contributed by atoms with van der Waals surface area (Å²) in [5.74, 6) is -1.63. The first kappa shape index (κ1) is 13.7. The fourth-order valence-corrected chi connectivity index (χ4v) is 2.13. The van der Waals surface area contributed by atoms with Crippen LogP contribution in [0.25, 0.3) is 0 Å². The number of hydrogen-bond acceptors (Lipinski definition) is 1. The first-order valence-electron chi connectivity index (χ1n) is 5.70. The van der Waals surface area contributed by atoms with Gasteiger partial charge < -0.3 is 0 Å². The summed E-state index contributed by atoms with van der Waals surface area (Å²) in [5.41, 5.74) is 1.45. The van der Waals surface area contributed by atoms with Crippen LogP contribution >= 0.6 is 11.6 Å². The molecule has 0 spiro atoms. The zero-order chi connectivity index (χ0) is 14.0. The molecule has 0 heterocycles. The minimum atomic E-state index is -0.716. The van der Waals surface area contributed by atoms with E-state index >= 15 is 0 Å². The lowest BCUT2D eigenvalue weighted by molar-refractivity contribution is 0.0991. The number of aryl methyl sites for hydroxylation is 1. The van der Waals surface area contributed by atoms with E-state index in [1.165, 1.54) is 12.1 Å². The third-order valence-electron chi connectivity index (χ3n) is 2.73. The van der Waals surface area contributed by atoms with Crippen molar-refractivity contribution in [3.05, 3.63) is 69.7 Å². The van der Waals surface area contributed by atoms with Crippen molar-refractivity contribution in [3.8, 4) is 0 Å². The van der Waals surface area contributed by atoms with E-state index < -0.39 is 11.6 Å². The highest BCUT2D eigenvalue weighted by atomic mass is 35.5. The van der Waals surface area contributed by atoms with E-state index in [1.54, 1.807) is 12.1 Å². The molecule has 0 saturated carbocycles. The molecule has 4 heteroatoms. The quantitative estimate of drug-likeness (QED) is 0.764. The number of carbonyl (C=O) groups excluding carboxylic acids is 1. The Labute approximate surface area is 114 Å². The van der Waals surface area contributed by atoms with Crippen molar-refractivity contribution < 1.29 is 13.6 Å². The van der Waals surface area contributed by atoms with Gasteiger partial charge in [-0.1, -0.05) is 17.7 Å². The highest BCUT2D eigenvalue weighted by molar-refractivity contribution is 6.31. The number of halogens is 3. The molecule has 19 heavy (non-hydrogen) atoms. The average molecular weight is 281 g/mol. The molecule has 0 unspecified atom stereocenters. The molecule has 0 aliphatic rings. The highest BCUT2D eigenvalue weighted by Gasteiger charge is 2.12. The number of Topliss-reactive ketones (excluding diaryl/α,β-unsaturated/α-hetero) is 1. The van der Waals surface area contributed by atoms with Gasteiger partial charge in [-0.15, -0.1) is 0 Å². The van der Waals surface area contributed by atoms with Crippen molar-refractivity contribution in [1.82, 2.24) is 0 Å². The van der Waals surface area contributed by atoms with Gasteiger partial charge in [-0.2, -0.15) is 0 Å². The smallest absolute Gasteiger partial charge is 0.167 e. The summed E-state index contributed by atoms with van der Waals surface area (Å²) in [6.07, 6.45) is -0.119. The molecule has 0 fully saturated rings. The molecular formula is C15H11ClF2O. The van der Waals surface area contributed by atoms with Crippen LogP contribution in [0.4, 0.5) is 8.78 Å². The predicted molar refractivity (Wildman–Crippen MR) is 70.6 cm³/mol. The van der Waals surface area contributed by atoms with E-state index in [1.807, 2.05) is 6.92 Å². The lowest BCUT2D eigenvalue weighted by Gasteiger charge is -2.05. The maximum absolute atomic E-state index is 13.5. The maximum Gasteiger partial charge on any atom is 0.167 e. The van der Waals surface area contributed by atoms with Crippen LogP contribution in [-0.4, -0.2) is 5.78 Å². The minimum Gasteiger partial charge on any atom is -0.294 e. The second kappa shape index (κ2) is 5.49. The Hall–Kier alpha value is -1.74. The first-order chi connectivity index (χ1) is 8.95. The van der Waals surface area contributed by atoms with Gasteiger partial charge in [0.1, 0.15) is 11.6 Å². The maximum atomic E-state index is 13.5. The van der Waals surface area contributed by atoms with Gasteiger partial charge in [0.05, 0.1) is 0 Å². The van der Waals surface area contributed by atoms with Crippen molar-refractivity contribution in [2.75, 3.05) is 0 Å². The molecule has 0 aliphatic heterocycles. The summed E-state index contributed by atoms with van der Waals surface area (Å²) in [4.78, 5) is 12.0. The minimum absolute atomic E-state index is 0.119. The summed E-state index contributed by atoms with van der Waals surface area (Å²) in [7, 11) is 0. The van der Waals surface area contributed by atoms with Crippen molar-refractivity contribution >= 4 is 17.4 Å². The van der Waals surface area contributed by atoms with E-state index in [0.29, 0.717) is 10.6 Å². The van der Waals surface area contributed by atoms with Crippen molar-refractivity contribution in [2.45, 2.75) is 13.3 Å². The summed E-state index contributed by atoms with van der Waals surface area (Å²) in [5, 5.41) is 0.461. The third-order valence-corrected chi connectivity index (χ3v) is 2.95. The number of rotatable bonds is 3. The summed E-state index contributed by atoms with van der Waals surface area (Å²) in [6.45, 7) is 1.82. The van der Waals surface area contributed by atoms with Crippen LogP contribution < -0.4 is 0 Å². The lowest BCUT2D eigenvalue weighted by atomic mass is 10.0. The SMILES string of the molecule is Cc1cc(Cl)cc(C(=O)Cc2ccc(F)cc2F)c1. The monoisotopic (exact) mass is 280 g/mol. The van der Waals surface area contributed by atoms with Gasteiger partial charge >= 0.3 is 0 Å². The number of ketones is 1. The normalized spacial score (nSPS) is 10.5. The lowest BCUT2D eigenvalue weighted by Crippen LogP contribution is -2.06. The van der Waals surface area contributed by atoms with Gasteiger partial charge in [-0.05, 0) is 42.3 Å². The zero-order valence-corrected chi connectivity index (χ0v) is 11.0. The van der Waals surface area contributed by atoms with E-state index in [4.69, 9.17) is 11.6 Å². The van der Waals surface area contributed by atoms with Crippen LogP contribution in [-0.2, 0) is 6.42 Å². The van der Waals surface area contributed by atoms with E-state index in [9.17, 15) is 13.6 Å². The molecule has 0 atom stereocenters. The number of hydrogen-bond donors (Lipinski definition) is 0. The molecule has 0 bridgehead atoms. The van der Waals surface area contributed by atoms with E-state index in [2.05, 4.69) is 0 Å². The topological polar surface area (TPSA) is 17.1 Å². The largest absolute Gasteiger partial charge is 0.294 e. The van der Waals surface area contributed by atoms with Crippen LogP contribution in [0.2, 0.25) is 5.02 Å². The average Bonchev–Trinajstić information content (AvgIpc) is 2.31. The van der Waals surface area contributed by atoms with Crippen molar-refractivity contribution in [3.63, 3.8) is 0 Å². The van der Waals surface area contributed by atoms with Crippen LogP contribution in [0.1, 0.15) is 21.5 Å². The fraction of sp³-hybridized carbons (Fsp3) is 0.133. The molecule has 2 rings (SSSR count). The number of carbonyl (C=O) groups is 1. The van der Waals surface area contributed by atoms with Crippen LogP contribution in [0.15, 0.2) is 36.4 Å². The second-order valence-corrected chi connectivity index (χ2v) is 4.79. The Bertz CT molecular complexity index is 618. The van der Waals surface area contributed by atoms with Gasteiger partial charge in [0, 0.05) is 23.1 Å². The Balaban J connectivity index is 2.25. The van der Waals surface area contributed by atoms with Crippen LogP contribution in [0, 0.1) is 18.6 Å². The van der Waals surface area contributed by atoms with Gasteiger partial charge in [0.2, 0.25) is 0 Å². The molecule has 0 aliphatic carbocycles. The van der Waals surface area contributed by atoms with Gasteiger partial charge in [0.25, 0.3) is 0 Å². The van der Waals surface area contributed by atoms with Crippen LogP contribution in [0.5, 0.6) is 0 Å². The van der Waals surface area contributed by atoms with Gasteiger partial charge in [-0.25, -0.2) is 8.78 Å². The molecule has 2 aromatic rings. The summed E-state index contributed by atoms with van der Waals surface area (Å²) >= 11 is 5.87. The van der Waals surface area contributed by atoms with E-state index in [-0.39, 0.29) is 17.8 Å². The molecule has 0 saturated heterocycles. The molecule has 98 valence electrons. The van der Waals surface area contributed by atoms with E-state index in [0.717, 1.165) is 17.7 Å². The highest BCUT2D eigenvalue weighted by Crippen LogP contribution is 2.18. The molecule has 2 aromatic carbocycles. The summed E-state index contributed by atoms with van der Waals surface area (Å²) in [6, 6.07) is 8.14. The number of benzene rings is 2. The molecular weight excluding hydrogens is 270 g/mol. The van der Waals surface area contributed by atoms with Gasteiger partial charge in [0.15, 0.2) is 5.78 Å². The predicted octanol–water partition coefficient (Wildman–Crippen LogP) is 4.35. The Morgan fingerprint density at radius 3 is 2.53 bits per heavy atom. The molecule has 0 aromatic heterocycles. The zero-order valence-electron chi connectivity index (χ0n) is 10.2. The van der Waals surface area contributed by atoms with Gasteiger partial charge in [-0.3, -0.25) is 4.79 Å². The molecule has 0 N–H and O–H groups in total. The molecule has 0 radical (unpaired) electrons. The third kappa shape index (κ3) is 3.38. The molecule has 0 amide bonds. The standard InChI is InChI=1S/C15H11ClF2O/c1-9-4-11(6-12(16)5-9)15(19)7-10-2-3-13(17)8-14(10)18/h2-6,8H,7H2,1H3. The van der Waals surface area contributed by atoms with Crippen molar-refractivity contribution in [2.24, 2.45) is 0 Å². The molecule has 1 nitrogen and oxygen atoms in total. The Kier molecular flexibility index (Phi) is 3.96. The van der Waals surface area contributed by atoms with Crippen LogP contribution in [0.3, 0.4) is 0 Å². The van der Waals surface area contributed by atoms with Crippen molar-refractivity contribution in [1.29, 1.82) is 0 Å². The second-order valence-electron chi connectivity index (χ2n) is 4.35. The first-order valence-corrected chi connectivity index (χ1v) is 6.08. The Morgan fingerprint density at radius 1 is 1.16 bits per heavy atom. The summed E-state index contributed by atoms with van der Waals surface area (Å²) < 4.78 is 26.2. The Morgan fingerprint density at radius 2 is 1.89 bits per heavy atom.